The highest BCUT2D eigenvalue weighted by molar-refractivity contribution is 7.89. The fraction of sp³-hybridized carbons (Fsp3) is 0.529. The Morgan fingerprint density at radius 2 is 1.81 bits per heavy atom. The first-order chi connectivity index (χ1) is 9.89. The Hall–Kier alpha value is -0.970. The van der Waals surface area contributed by atoms with Crippen LogP contribution in [0.25, 0.3) is 0 Å². The van der Waals surface area contributed by atoms with Gasteiger partial charge in [-0.3, -0.25) is 0 Å². The molecule has 21 heavy (non-hydrogen) atoms. The van der Waals surface area contributed by atoms with Gasteiger partial charge in [0, 0.05) is 23.0 Å². The zero-order valence-corrected chi connectivity index (χ0v) is 13.7. The van der Waals surface area contributed by atoms with E-state index >= 15 is 0 Å². The summed E-state index contributed by atoms with van der Waals surface area (Å²) < 4.78 is 12.8. The maximum atomic E-state index is 12.8. The Labute approximate surface area is 129 Å². The van der Waals surface area contributed by atoms with E-state index in [9.17, 15) is 14.4 Å². The molecule has 0 aliphatic heterocycles. The van der Waals surface area contributed by atoms with Crippen LogP contribution in [-0.4, -0.2) is 27.6 Å². The molecule has 0 unspecified atom stereocenters. The molecule has 3 atom stereocenters. The monoisotopic (exact) mass is 308 g/mol. The minimum absolute atomic E-state index is 0.00117. The van der Waals surface area contributed by atoms with Crippen LogP contribution in [0.5, 0.6) is 0 Å². The summed E-state index contributed by atoms with van der Waals surface area (Å²) in [6.07, 6.45) is 2.60. The molecule has 2 N–H and O–H groups in total. The Kier molecular flexibility index (Phi) is 5.02. The predicted octanol–water partition coefficient (Wildman–Crippen LogP) is 2.63. The van der Waals surface area contributed by atoms with Crippen molar-refractivity contribution in [3.63, 3.8) is 0 Å². The quantitative estimate of drug-likeness (QED) is 0.899. The number of rotatable bonds is 4. The summed E-state index contributed by atoms with van der Waals surface area (Å²) in [6, 6.07) is 7.71. The molecule has 1 aliphatic carbocycles. The molecule has 3 nitrogen and oxygen atoms in total. The van der Waals surface area contributed by atoms with Crippen LogP contribution >= 0.6 is 0 Å². The smallest absolute Gasteiger partial charge is 0.0805 e. The van der Waals surface area contributed by atoms with E-state index in [-0.39, 0.29) is 30.5 Å². The Balaban J connectivity index is 2.33. The molecule has 0 bridgehead atoms. The van der Waals surface area contributed by atoms with Gasteiger partial charge >= 0.3 is 0 Å². The lowest BCUT2D eigenvalue weighted by Gasteiger charge is -2.40. The van der Waals surface area contributed by atoms with Gasteiger partial charge < -0.3 is 10.2 Å². The van der Waals surface area contributed by atoms with Crippen LogP contribution in [0.3, 0.4) is 0 Å². The van der Waals surface area contributed by atoms with Crippen molar-refractivity contribution in [2.24, 2.45) is 17.3 Å². The third kappa shape index (κ3) is 3.44. The average molecular weight is 308 g/mol. The normalized spacial score (nSPS) is 26.2. The van der Waals surface area contributed by atoms with Crippen LogP contribution in [0.4, 0.5) is 0 Å². The Morgan fingerprint density at radius 3 is 2.33 bits per heavy atom. The highest BCUT2D eigenvalue weighted by Crippen LogP contribution is 2.43. The minimum atomic E-state index is -1.20. The van der Waals surface area contributed by atoms with E-state index < -0.39 is 10.8 Å². The van der Waals surface area contributed by atoms with Crippen molar-refractivity contribution in [3.8, 4) is 0 Å². The molecule has 1 aromatic rings. The molecule has 0 amide bonds. The summed E-state index contributed by atoms with van der Waals surface area (Å²) in [5, 5.41) is 19.2. The molecule has 0 aromatic heterocycles. The van der Waals surface area contributed by atoms with Crippen molar-refractivity contribution >= 4 is 10.8 Å². The predicted molar refractivity (Wildman–Crippen MR) is 85.2 cm³/mol. The van der Waals surface area contributed by atoms with Crippen molar-refractivity contribution in [2.45, 2.75) is 32.1 Å². The van der Waals surface area contributed by atoms with Crippen molar-refractivity contribution in [3.05, 3.63) is 40.8 Å². The fourth-order valence-electron chi connectivity index (χ4n) is 3.11. The molecular formula is C17H24O3S. The van der Waals surface area contributed by atoms with E-state index in [1.165, 1.54) is 0 Å². The number of hydrogen-bond acceptors (Lipinski definition) is 3. The largest absolute Gasteiger partial charge is 0.396 e. The molecule has 0 saturated heterocycles. The van der Waals surface area contributed by atoms with Gasteiger partial charge in [-0.25, -0.2) is 4.21 Å². The molecular weight excluding hydrogens is 284 g/mol. The number of hydrogen-bond donors (Lipinski definition) is 2. The van der Waals surface area contributed by atoms with Gasteiger partial charge in [0.1, 0.15) is 0 Å². The number of aliphatic hydroxyl groups is 2. The van der Waals surface area contributed by atoms with Gasteiger partial charge in [0.25, 0.3) is 0 Å². The third-order valence-electron chi connectivity index (χ3n) is 4.43. The number of aliphatic hydroxyl groups excluding tert-OH is 2. The van der Waals surface area contributed by atoms with Gasteiger partial charge in [0.05, 0.1) is 10.8 Å². The second kappa shape index (κ2) is 6.42. The standard InChI is InChI=1S/C17H24O3S/c1-12-4-6-14(7-5-12)21(20)15-8-13(10-18)16(11-19)17(2,3)9-15/h4-7,9,13,16,18-19H,8,10-11H2,1-3H3/t13-,16+,21-/m0/s1. The molecule has 2 rings (SSSR count). The molecule has 116 valence electrons. The number of aryl methyl sites for hydroxylation is 1. The first-order valence-corrected chi connectivity index (χ1v) is 8.46. The Bertz CT molecular complexity index is 546. The van der Waals surface area contributed by atoms with Gasteiger partial charge in [-0.15, -0.1) is 0 Å². The van der Waals surface area contributed by atoms with E-state index in [2.05, 4.69) is 0 Å². The summed E-state index contributed by atoms with van der Waals surface area (Å²) in [5.41, 5.74) is 0.873. The third-order valence-corrected chi connectivity index (χ3v) is 5.89. The van der Waals surface area contributed by atoms with Gasteiger partial charge in [-0.2, -0.15) is 0 Å². The van der Waals surface area contributed by atoms with Crippen molar-refractivity contribution in [1.29, 1.82) is 0 Å². The number of benzene rings is 1. The lowest BCUT2D eigenvalue weighted by Crippen LogP contribution is -2.38. The van der Waals surface area contributed by atoms with Crippen LogP contribution in [0, 0.1) is 24.2 Å². The Morgan fingerprint density at radius 1 is 1.19 bits per heavy atom. The molecule has 1 aromatic carbocycles. The van der Waals surface area contributed by atoms with Crippen LogP contribution < -0.4 is 0 Å². The zero-order valence-electron chi connectivity index (χ0n) is 12.9. The summed E-state index contributed by atoms with van der Waals surface area (Å²) in [4.78, 5) is 1.65. The molecule has 0 heterocycles. The van der Waals surface area contributed by atoms with Gasteiger partial charge in [0.2, 0.25) is 0 Å². The molecule has 0 saturated carbocycles. The van der Waals surface area contributed by atoms with Gasteiger partial charge in [-0.05, 0) is 42.7 Å². The topological polar surface area (TPSA) is 57.5 Å². The van der Waals surface area contributed by atoms with Crippen LogP contribution in [0.1, 0.15) is 25.8 Å². The maximum Gasteiger partial charge on any atom is 0.0805 e. The second-order valence-corrected chi connectivity index (χ2v) is 7.98. The molecule has 0 radical (unpaired) electrons. The number of allylic oxidation sites excluding steroid dienone is 2. The summed E-state index contributed by atoms with van der Waals surface area (Å²) in [7, 11) is -1.20. The van der Waals surface area contributed by atoms with Crippen molar-refractivity contribution in [2.75, 3.05) is 13.2 Å². The highest BCUT2D eigenvalue weighted by atomic mass is 32.2. The van der Waals surface area contributed by atoms with Crippen LogP contribution in [0.2, 0.25) is 0 Å². The highest BCUT2D eigenvalue weighted by Gasteiger charge is 2.39. The van der Waals surface area contributed by atoms with E-state index in [0.29, 0.717) is 6.42 Å². The van der Waals surface area contributed by atoms with Crippen molar-refractivity contribution in [1.82, 2.24) is 0 Å². The fourth-order valence-corrected chi connectivity index (χ4v) is 4.57. The molecule has 1 aliphatic rings. The van der Waals surface area contributed by atoms with Gasteiger partial charge in [0.15, 0.2) is 0 Å². The minimum Gasteiger partial charge on any atom is -0.396 e. The lowest BCUT2D eigenvalue weighted by atomic mass is 9.68. The summed E-state index contributed by atoms with van der Waals surface area (Å²) in [5.74, 6) is -0.0410. The maximum absolute atomic E-state index is 12.8. The van der Waals surface area contributed by atoms with E-state index in [1.807, 2.05) is 51.1 Å². The van der Waals surface area contributed by atoms with Gasteiger partial charge in [-0.1, -0.05) is 37.6 Å². The SMILES string of the molecule is Cc1ccc([S@](=O)C2=CC(C)(C)[C@H](CO)[C@H](CO)C2)cc1. The summed E-state index contributed by atoms with van der Waals surface area (Å²) >= 11 is 0. The second-order valence-electron chi connectivity index (χ2n) is 6.45. The zero-order chi connectivity index (χ0) is 15.6. The molecule has 0 spiro atoms. The van der Waals surface area contributed by atoms with E-state index in [0.717, 1.165) is 15.4 Å². The lowest BCUT2D eigenvalue weighted by molar-refractivity contribution is 0.0535. The van der Waals surface area contributed by atoms with Crippen LogP contribution in [-0.2, 0) is 10.8 Å². The molecule has 0 fully saturated rings. The van der Waals surface area contributed by atoms with E-state index in [4.69, 9.17) is 0 Å². The first-order valence-electron chi connectivity index (χ1n) is 7.31. The summed E-state index contributed by atoms with van der Waals surface area (Å²) in [6.45, 7) is 6.11. The molecule has 4 heteroatoms. The van der Waals surface area contributed by atoms with E-state index in [1.54, 1.807) is 0 Å². The van der Waals surface area contributed by atoms with Crippen molar-refractivity contribution < 1.29 is 14.4 Å². The average Bonchev–Trinajstić information content (AvgIpc) is 2.45. The first kappa shape index (κ1) is 16.4. The van der Waals surface area contributed by atoms with Crippen LogP contribution in [0.15, 0.2) is 40.1 Å².